The SMILES string of the molecule is O=C(/C=C/c1ccc(O)cc1)Oc1ccc(-c2cc(=O)c3c(O)cc(O[C@@H]4O[C@H](CO)[C@@H](O)[C@H](O)[C@H]4O)cc3o2)cc1. The Morgan fingerprint density at radius 2 is 1.60 bits per heavy atom. The zero-order valence-corrected chi connectivity index (χ0v) is 21.7. The minimum absolute atomic E-state index is 0.0630. The number of fused-ring (bicyclic) bond motifs is 1. The molecule has 3 aromatic carbocycles. The van der Waals surface area contributed by atoms with E-state index in [0.717, 1.165) is 6.07 Å². The molecule has 6 N–H and O–H groups in total. The summed E-state index contributed by atoms with van der Waals surface area (Å²) in [6, 6.07) is 15.9. The summed E-state index contributed by atoms with van der Waals surface area (Å²) in [6.07, 6.45) is -4.88. The number of aliphatic hydroxyl groups is 4. The number of rotatable bonds is 7. The van der Waals surface area contributed by atoms with E-state index in [-0.39, 0.29) is 34.0 Å². The summed E-state index contributed by atoms with van der Waals surface area (Å²) >= 11 is 0. The summed E-state index contributed by atoms with van der Waals surface area (Å²) in [5.74, 6) is -0.731. The number of hydrogen-bond donors (Lipinski definition) is 6. The standard InChI is InChI=1S/C30H26O12/c31-14-24-27(36)28(37)29(38)30(42-24)40-19-11-20(33)26-21(34)13-22(41-23(26)12-19)16-4-8-18(9-5-16)39-25(35)10-3-15-1-6-17(32)7-2-15/h1-13,24,27-33,36-38H,14H2/b10-3+/t24-,27-,28+,29-,30-/m1/s1. The number of carbonyl (C=O) groups is 1. The van der Waals surface area contributed by atoms with Crippen LogP contribution in [0.4, 0.5) is 0 Å². The van der Waals surface area contributed by atoms with E-state index in [1.807, 2.05) is 0 Å². The fourth-order valence-electron chi connectivity index (χ4n) is 4.34. The summed E-state index contributed by atoms with van der Waals surface area (Å²) in [5.41, 5.74) is 0.525. The molecule has 0 amide bonds. The number of phenols is 2. The van der Waals surface area contributed by atoms with Gasteiger partial charge in [-0.25, -0.2) is 4.79 Å². The maximum Gasteiger partial charge on any atom is 0.336 e. The average Bonchev–Trinajstić information content (AvgIpc) is 2.97. The fraction of sp³-hybridized carbons (Fsp3) is 0.200. The van der Waals surface area contributed by atoms with Crippen LogP contribution in [-0.2, 0) is 9.53 Å². The number of aliphatic hydroxyl groups excluding tert-OH is 4. The molecule has 4 aromatic rings. The van der Waals surface area contributed by atoms with Crippen LogP contribution in [0.1, 0.15) is 5.56 Å². The summed E-state index contributed by atoms with van der Waals surface area (Å²) < 4.78 is 22.0. The van der Waals surface area contributed by atoms with Crippen LogP contribution in [0.2, 0.25) is 0 Å². The highest BCUT2D eigenvalue weighted by molar-refractivity contribution is 5.89. The van der Waals surface area contributed by atoms with Crippen molar-refractivity contribution in [3.63, 3.8) is 0 Å². The van der Waals surface area contributed by atoms with E-state index in [1.165, 1.54) is 48.6 Å². The first-order chi connectivity index (χ1) is 20.1. The molecule has 0 unspecified atom stereocenters. The van der Waals surface area contributed by atoms with Crippen LogP contribution in [0, 0.1) is 0 Å². The number of phenolic OH excluding ortho intramolecular Hbond substituents is 2. The van der Waals surface area contributed by atoms with Crippen LogP contribution < -0.4 is 14.9 Å². The van der Waals surface area contributed by atoms with Crippen molar-refractivity contribution in [1.82, 2.24) is 0 Å². The Bertz CT molecular complexity index is 1660. The quantitative estimate of drug-likeness (QED) is 0.106. The average molecular weight is 579 g/mol. The lowest BCUT2D eigenvalue weighted by molar-refractivity contribution is -0.277. The molecule has 218 valence electrons. The van der Waals surface area contributed by atoms with Crippen molar-refractivity contribution in [2.24, 2.45) is 0 Å². The van der Waals surface area contributed by atoms with Gasteiger partial charge in [0.2, 0.25) is 6.29 Å². The van der Waals surface area contributed by atoms with Crippen molar-refractivity contribution in [2.45, 2.75) is 30.7 Å². The summed E-state index contributed by atoms with van der Waals surface area (Å²) in [7, 11) is 0. The van der Waals surface area contributed by atoms with Crippen molar-refractivity contribution in [2.75, 3.05) is 6.61 Å². The molecule has 0 radical (unpaired) electrons. The second-order valence-corrected chi connectivity index (χ2v) is 9.48. The highest BCUT2D eigenvalue weighted by atomic mass is 16.7. The first kappa shape index (κ1) is 28.8. The van der Waals surface area contributed by atoms with Crippen molar-refractivity contribution in [1.29, 1.82) is 0 Å². The molecule has 12 heteroatoms. The lowest BCUT2D eigenvalue weighted by Gasteiger charge is -2.39. The highest BCUT2D eigenvalue weighted by Crippen LogP contribution is 2.33. The monoisotopic (exact) mass is 578 g/mol. The van der Waals surface area contributed by atoms with E-state index < -0.39 is 54.5 Å². The van der Waals surface area contributed by atoms with Crippen LogP contribution >= 0.6 is 0 Å². The maximum absolute atomic E-state index is 12.8. The van der Waals surface area contributed by atoms with E-state index in [1.54, 1.807) is 24.3 Å². The summed E-state index contributed by atoms with van der Waals surface area (Å²) in [6.45, 7) is -0.652. The zero-order valence-electron chi connectivity index (χ0n) is 21.7. The van der Waals surface area contributed by atoms with Gasteiger partial charge in [-0.3, -0.25) is 4.79 Å². The lowest BCUT2D eigenvalue weighted by atomic mass is 9.99. The van der Waals surface area contributed by atoms with E-state index in [9.17, 15) is 40.2 Å². The molecule has 5 rings (SSSR count). The van der Waals surface area contributed by atoms with Crippen LogP contribution in [0.3, 0.4) is 0 Å². The van der Waals surface area contributed by atoms with E-state index >= 15 is 0 Å². The van der Waals surface area contributed by atoms with Gasteiger partial charge in [0.05, 0.1) is 6.61 Å². The maximum atomic E-state index is 12.8. The fourth-order valence-corrected chi connectivity index (χ4v) is 4.34. The Morgan fingerprint density at radius 1 is 0.881 bits per heavy atom. The topological polar surface area (TPSA) is 196 Å². The molecular weight excluding hydrogens is 552 g/mol. The first-order valence-electron chi connectivity index (χ1n) is 12.7. The van der Waals surface area contributed by atoms with Crippen molar-refractivity contribution in [3.8, 4) is 34.3 Å². The lowest BCUT2D eigenvalue weighted by Crippen LogP contribution is -2.60. The van der Waals surface area contributed by atoms with Gasteiger partial charge in [0.15, 0.2) is 5.43 Å². The Hall–Kier alpha value is -4.72. The van der Waals surface area contributed by atoms with Gasteiger partial charge in [0, 0.05) is 29.8 Å². The van der Waals surface area contributed by atoms with Gasteiger partial charge in [-0.05, 0) is 48.0 Å². The predicted octanol–water partition coefficient (Wildman–Crippen LogP) is 1.67. The van der Waals surface area contributed by atoms with Gasteiger partial charge in [0.25, 0.3) is 0 Å². The third-order valence-corrected chi connectivity index (χ3v) is 6.55. The Labute approximate surface area is 237 Å². The minimum atomic E-state index is -1.69. The van der Waals surface area contributed by atoms with E-state index in [2.05, 4.69) is 0 Å². The molecular formula is C30H26O12. The smallest absolute Gasteiger partial charge is 0.336 e. The second kappa shape index (κ2) is 12.0. The van der Waals surface area contributed by atoms with Crippen LogP contribution in [-0.4, -0.2) is 73.9 Å². The molecule has 1 aliphatic rings. The zero-order chi connectivity index (χ0) is 30.0. The Balaban J connectivity index is 1.34. The van der Waals surface area contributed by atoms with Gasteiger partial charge in [-0.1, -0.05) is 12.1 Å². The van der Waals surface area contributed by atoms with Crippen LogP contribution in [0.15, 0.2) is 82.0 Å². The summed E-state index contributed by atoms with van der Waals surface area (Å²) in [4.78, 5) is 25.0. The molecule has 42 heavy (non-hydrogen) atoms. The van der Waals surface area contributed by atoms with E-state index in [4.69, 9.17) is 18.6 Å². The molecule has 1 fully saturated rings. The van der Waals surface area contributed by atoms with Crippen molar-refractivity contribution < 1.29 is 54.1 Å². The van der Waals surface area contributed by atoms with Gasteiger partial charge in [-0.15, -0.1) is 0 Å². The van der Waals surface area contributed by atoms with E-state index in [0.29, 0.717) is 11.1 Å². The summed E-state index contributed by atoms with van der Waals surface area (Å²) in [5, 5.41) is 59.3. The third-order valence-electron chi connectivity index (χ3n) is 6.55. The third kappa shape index (κ3) is 6.12. The number of aromatic hydroxyl groups is 2. The second-order valence-electron chi connectivity index (χ2n) is 9.48. The van der Waals surface area contributed by atoms with Gasteiger partial charge < -0.3 is 49.3 Å². The van der Waals surface area contributed by atoms with Crippen molar-refractivity contribution >= 4 is 23.0 Å². The van der Waals surface area contributed by atoms with Crippen LogP contribution in [0.25, 0.3) is 28.4 Å². The highest BCUT2D eigenvalue weighted by Gasteiger charge is 2.44. The first-order valence-corrected chi connectivity index (χ1v) is 12.7. The molecule has 1 aliphatic heterocycles. The number of esters is 1. The molecule has 12 nitrogen and oxygen atoms in total. The van der Waals surface area contributed by atoms with Gasteiger partial charge >= 0.3 is 5.97 Å². The Kier molecular flexibility index (Phi) is 8.24. The molecule has 0 aliphatic carbocycles. The van der Waals surface area contributed by atoms with Crippen molar-refractivity contribution in [3.05, 3.63) is 88.6 Å². The molecule has 0 bridgehead atoms. The van der Waals surface area contributed by atoms with Gasteiger partial charge in [0.1, 0.15) is 64.1 Å². The normalized spacial score (nSPS) is 22.3. The Morgan fingerprint density at radius 3 is 2.29 bits per heavy atom. The largest absolute Gasteiger partial charge is 0.508 e. The molecule has 1 aromatic heterocycles. The predicted molar refractivity (Wildman–Crippen MR) is 147 cm³/mol. The molecule has 1 saturated heterocycles. The molecule has 2 heterocycles. The number of hydrogen-bond acceptors (Lipinski definition) is 12. The number of carbonyl (C=O) groups excluding carboxylic acids is 1. The molecule has 0 saturated carbocycles. The minimum Gasteiger partial charge on any atom is -0.508 e. The molecule has 5 atom stereocenters. The molecule has 0 spiro atoms. The van der Waals surface area contributed by atoms with Crippen LogP contribution in [0.5, 0.6) is 23.0 Å². The number of benzene rings is 3. The number of ether oxygens (including phenoxy) is 3. The van der Waals surface area contributed by atoms with Gasteiger partial charge in [-0.2, -0.15) is 0 Å².